The van der Waals surface area contributed by atoms with Crippen LogP contribution in [0.25, 0.3) is 0 Å². The van der Waals surface area contributed by atoms with Gasteiger partial charge in [0.05, 0.1) is 11.9 Å². The van der Waals surface area contributed by atoms with E-state index in [2.05, 4.69) is 21.0 Å². The van der Waals surface area contributed by atoms with Crippen LogP contribution >= 0.6 is 12.4 Å². The van der Waals surface area contributed by atoms with Crippen molar-refractivity contribution in [3.8, 4) is 0 Å². The van der Waals surface area contributed by atoms with Gasteiger partial charge in [0.15, 0.2) is 0 Å². The molecular formula is C18H25ClN6O2. The Bertz CT molecular complexity index is 822. The number of rotatable bonds is 5. The van der Waals surface area contributed by atoms with Crippen molar-refractivity contribution in [3.05, 3.63) is 41.7 Å². The van der Waals surface area contributed by atoms with Gasteiger partial charge in [0.25, 0.3) is 0 Å². The van der Waals surface area contributed by atoms with Crippen molar-refractivity contribution in [3.63, 3.8) is 0 Å². The zero-order valence-electron chi connectivity index (χ0n) is 15.7. The molecule has 0 bridgehead atoms. The molecule has 3 N–H and O–H groups in total. The Labute approximate surface area is 164 Å². The van der Waals surface area contributed by atoms with Crippen molar-refractivity contribution in [1.82, 2.24) is 20.4 Å². The van der Waals surface area contributed by atoms with Crippen molar-refractivity contribution in [2.75, 3.05) is 30.4 Å². The maximum Gasteiger partial charge on any atom is 0.321 e. The van der Waals surface area contributed by atoms with Crippen LogP contribution in [0.2, 0.25) is 0 Å². The van der Waals surface area contributed by atoms with E-state index in [0.29, 0.717) is 18.8 Å². The van der Waals surface area contributed by atoms with Crippen molar-refractivity contribution < 1.29 is 9.59 Å². The molecule has 1 aliphatic rings. The Morgan fingerprint density at radius 2 is 2.11 bits per heavy atom. The van der Waals surface area contributed by atoms with Gasteiger partial charge in [-0.3, -0.25) is 14.4 Å². The number of benzene rings is 1. The number of aromatic nitrogens is 2. The molecule has 2 aromatic rings. The minimum absolute atomic E-state index is 0. The van der Waals surface area contributed by atoms with Crippen LogP contribution in [0.15, 0.2) is 30.6 Å². The standard InChI is InChI=1S/C18H24N6O2.ClH/c1-4-20-18(26)24-8-7-12-5-6-14(9-15(12)24)22-17(25)16(19-2)13-10-21-23(3)11-13;/h5-6,9-11,16,19H,4,7-8H2,1-3H3,(H,20,26)(H,22,25);1H. The van der Waals surface area contributed by atoms with Crippen LogP contribution in [-0.2, 0) is 18.3 Å². The first-order valence-corrected chi connectivity index (χ1v) is 8.68. The highest BCUT2D eigenvalue weighted by molar-refractivity contribution is 5.98. The highest BCUT2D eigenvalue weighted by atomic mass is 35.5. The fraction of sp³-hybridized carbons (Fsp3) is 0.389. The summed E-state index contributed by atoms with van der Waals surface area (Å²) in [5, 5.41) is 12.9. The lowest BCUT2D eigenvalue weighted by molar-refractivity contribution is -0.118. The van der Waals surface area contributed by atoms with Gasteiger partial charge in [-0.15, -0.1) is 12.4 Å². The summed E-state index contributed by atoms with van der Waals surface area (Å²) in [4.78, 5) is 26.6. The number of nitrogens with zero attached hydrogens (tertiary/aromatic N) is 3. The van der Waals surface area contributed by atoms with E-state index in [9.17, 15) is 9.59 Å². The van der Waals surface area contributed by atoms with Crippen molar-refractivity contribution in [2.45, 2.75) is 19.4 Å². The molecule has 8 nitrogen and oxygen atoms in total. The maximum absolute atomic E-state index is 12.7. The van der Waals surface area contributed by atoms with Gasteiger partial charge in [0.1, 0.15) is 6.04 Å². The molecule has 1 aromatic carbocycles. The van der Waals surface area contributed by atoms with E-state index in [-0.39, 0.29) is 24.3 Å². The number of carbonyl (C=O) groups excluding carboxylic acids is 2. The molecule has 146 valence electrons. The fourth-order valence-electron chi connectivity index (χ4n) is 3.17. The average molecular weight is 393 g/mol. The number of nitrogens with one attached hydrogen (secondary N) is 3. The van der Waals surface area contributed by atoms with Crippen LogP contribution in [0.5, 0.6) is 0 Å². The van der Waals surface area contributed by atoms with E-state index in [0.717, 1.165) is 23.2 Å². The largest absolute Gasteiger partial charge is 0.338 e. The number of hydrogen-bond donors (Lipinski definition) is 3. The molecule has 1 unspecified atom stereocenters. The second-order valence-corrected chi connectivity index (χ2v) is 6.24. The molecule has 1 aliphatic heterocycles. The topological polar surface area (TPSA) is 91.3 Å². The predicted molar refractivity (Wildman–Crippen MR) is 107 cm³/mol. The molecule has 0 saturated heterocycles. The van der Waals surface area contributed by atoms with E-state index in [1.165, 1.54) is 0 Å². The highest BCUT2D eigenvalue weighted by Crippen LogP contribution is 2.31. The zero-order valence-corrected chi connectivity index (χ0v) is 16.5. The van der Waals surface area contributed by atoms with E-state index in [1.807, 2.05) is 32.2 Å². The van der Waals surface area contributed by atoms with E-state index >= 15 is 0 Å². The molecule has 0 spiro atoms. The molecule has 9 heteroatoms. The van der Waals surface area contributed by atoms with Crippen LogP contribution in [0.3, 0.4) is 0 Å². The summed E-state index contributed by atoms with van der Waals surface area (Å²) in [5.74, 6) is -0.178. The minimum Gasteiger partial charge on any atom is -0.338 e. The van der Waals surface area contributed by atoms with Gasteiger partial charge in [-0.2, -0.15) is 5.10 Å². The average Bonchev–Trinajstić information content (AvgIpc) is 3.22. The Morgan fingerprint density at radius 1 is 1.33 bits per heavy atom. The van der Waals surface area contributed by atoms with E-state index in [1.54, 1.807) is 29.0 Å². The monoisotopic (exact) mass is 392 g/mol. The summed E-state index contributed by atoms with van der Waals surface area (Å²) in [5.41, 5.74) is 3.40. The minimum atomic E-state index is -0.503. The summed E-state index contributed by atoms with van der Waals surface area (Å²) in [7, 11) is 3.54. The fourth-order valence-corrected chi connectivity index (χ4v) is 3.17. The molecular weight excluding hydrogens is 368 g/mol. The number of fused-ring (bicyclic) bond motifs is 1. The molecule has 0 radical (unpaired) electrons. The molecule has 1 atom stereocenters. The van der Waals surface area contributed by atoms with Crippen molar-refractivity contribution in [2.24, 2.45) is 7.05 Å². The smallest absolute Gasteiger partial charge is 0.321 e. The van der Waals surface area contributed by atoms with Crippen LogP contribution < -0.4 is 20.9 Å². The Morgan fingerprint density at radius 3 is 2.74 bits per heavy atom. The normalized spacial score (nSPS) is 13.5. The van der Waals surface area contributed by atoms with Crippen LogP contribution in [-0.4, -0.2) is 41.9 Å². The van der Waals surface area contributed by atoms with Gasteiger partial charge < -0.3 is 16.0 Å². The Kier molecular flexibility index (Phi) is 6.81. The van der Waals surface area contributed by atoms with E-state index < -0.39 is 6.04 Å². The quantitative estimate of drug-likeness (QED) is 0.724. The van der Waals surface area contributed by atoms with Crippen molar-refractivity contribution >= 4 is 35.7 Å². The number of urea groups is 1. The number of anilines is 2. The Balaban J connectivity index is 0.00000261. The van der Waals surface area contributed by atoms with Gasteiger partial charge in [0.2, 0.25) is 5.91 Å². The van der Waals surface area contributed by atoms with Crippen LogP contribution in [0.1, 0.15) is 24.1 Å². The number of hydrogen-bond acceptors (Lipinski definition) is 4. The number of amides is 3. The first-order chi connectivity index (χ1) is 12.5. The number of halogens is 1. The third-order valence-electron chi connectivity index (χ3n) is 4.43. The second kappa shape index (κ2) is 8.88. The molecule has 0 aliphatic carbocycles. The third kappa shape index (κ3) is 4.40. The zero-order chi connectivity index (χ0) is 18.7. The van der Waals surface area contributed by atoms with Gasteiger partial charge >= 0.3 is 6.03 Å². The van der Waals surface area contributed by atoms with Crippen LogP contribution in [0, 0.1) is 0 Å². The number of carbonyl (C=O) groups is 2. The highest BCUT2D eigenvalue weighted by Gasteiger charge is 2.25. The molecule has 1 aromatic heterocycles. The number of aryl methyl sites for hydroxylation is 1. The summed E-state index contributed by atoms with van der Waals surface area (Å²) in [6, 6.07) is 5.07. The van der Waals surface area contributed by atoms with Crippen LogP contribution in [0.4, 0.5) is 16.2 Å². The SMILES string of the molecule is CCNC(=O)N1CCc2ccc(NC(=O)C(NC)c3cnn(C)c3)cc21.Cl. The van der Waals surface area contributed by atoms with Gasteiger partial charge in [0, 0.05) is 37.6 Å². The lowest BCUT2D eigenvalue weighted by atomic mass is 10.1. The number of likely N-dealkylation sites (N-methyl/N-ethyl adjacent to an activating group) is 1. The predicted octanol–water partition coefficient (Wildman–Crippen LogP) is 1.83. The van der Waals surface area contributed by atoms with Gasteiger partial charge in [-0.1, -0.05) is 6.07 Å². The second-order valence-electron chi connectivity index (χ2n) is 6.24. The summed E-state index contributed by atoms with van der Waals surface area (Å²) >= 11 is 0. The van der Waals surface area contributed by atoms with Gasteiger partial charge in [-0.25, -0.2) is 4.79 Å². The van der Waals surface area contributed by atoms with E-state index in [4.69, 9.17) is 0 Å². The maximum atomic E-state index is 12.7. The van der Waals surface area contributed by atoms with Gasteiger partial charge in [-0.05, 0) is 38.1 Å². The molecule has 3 rings (SSSR count). The first-order valence-electron chi connectivity index (χ1n) is 8.68. The summed E-state index contributed by atoms with van der Waals surface area (Å²) in [6.07, 6.45) is 4.29. The van der Waals surface area contributed by atoms with Crippen molar-refractivity contribution in [1.29, 1.82) is 0 Å². The molecule has 0 fully saturated rings. The third-order valence-corrected chi connectivity index (χ3v) is 4.43. The first kappa shape index (κ1) is 20.7. The lowest BCUT2D eigenvalue weighted by Gasteiger charge is -2.19. The molecule has 2 heterocycles. The molecule has 0 saturated carbocycles. The Hall–Kier alpha value is -2.58. The summed E-state index contributed by atoms with van der Waals surface area (Å²) in [6.45, 7) is 3.12. The molecule has 27 heavy (non-hydrogen) atoms. The summed E-state index contributed by atoms with van der Waals surface area (Å²) < 4.78 is 1.66. The lowest BCUT2D eigenvalue weighted by Crippen LogP contribution is -2.38. The molecule has 3 amide bonds.